The monoisotopic (exact) mass is 455 g/mol. The van der Waals surface area contributed by atoms with Crippen LogP contribution in [-0.2, 0) is 11.3 Å². The number of ether oxygens (including phenoxy) is 1. The molecule has 3 N–H and O–H groups in total. The Labute approximate surface area is 190 Å². The van der Waals surface area contributed by atoms with Crippen LogP contribution in [0, 0.1) is 0 Å². The van der Waals surface area contributed by atoms with Gasteiger partial charge in [-0.3, -0.25) is 9.59 Å². The Morgan fingerprint density at radius 1 is 1.12 bits per heavy atom. The molecule has 32 heavy (non-hydrogen) atoms. The zero-order valence-corrected chi connectivity index (χ0v) is 18.6. The van der Waals surface area contributed by atoms with Gasteiger partial charge in [-0.25, -0.2) is 0 Å². The third kappa shape index (κ3) is 5.86. The molecule has 0 saturated heterocycles. The zero-order chi connectivity index (χ0) is 22.9. The van der Waals surface area contributed by atoms with Crippen molar-refractivity contribution in [1.82, 2.24) is 20.1 Å². The number of nitrogens with zero attached hydrogens (tertiary/aromatic N) is 3. The average Bonchev–Trinajstić information content (AvgIpc) is 3.24. The first-order valence-corrected chi connectivity index (χ1v) is 11.0. The molecule has 0 aliphatic carbocycles. The van der Waals surface area contributed by atoms with Gasteiger partial charge >= 0.3 is 0 Å². The number of nitrogens with one attached hydrogen (secondary N) is 2. The Balaban J connectivity index is 1.66. The van der Waals surface area contributed by atoms with E-state index in [1.165, 1.54) is 11.8 Å². The van der Waals surface area contributed by atoms with Crippen molar-refractivity contribution in [2.75, 3.05) is 24.8 Å². The van der Waals surface area contributed by atoms with Crippen LogP contribution in [0.2, 0.25) is 0 Å². The van der Waals surface area contributed by atoms with Crippen molar-refractivity contribution in [3.8, 4) is 5.75 Å². The molecule has 0 radical (unpaired) electrons. The van der Waals surface area contributed by atoms with Gasteiger partial charge in [0, 0.05) is 17.8 Å². The first-order valence-electron chi connectivity index (χ1n) is 10.0. The van der Waals surface area contributed by atoms with Crippen molar-refractivity contribution < 1.29 is 19.4 Å². The summed E-state index contributed by atoms with van der Waals surface area (Å²) in [5.41, 5.74) is 1.15. The van der Waals surface area contributed by atoms with E-state index in [0.29, 0.717) is 28.8 Å². The molecule has 1 atom stereocenters. The van der Waals surface area contributed by atoms with Gasteiger partial charge in [-0.15, -0.1) is 10.2 Å². The van der Waals surface area contributed by atoms with Crippen molar-refractivity contribution in [1.29, 1.82) is 0 Å². The second kappa shape index (κ2) is 11.3. The Morgan fingerprint density at radius 2 is 1.84 bits per heavy atom. The van der Waals surface area contributed by atoms with E-state index in [1.54, 1.807) is 35.9 Å². The molecule has 0 spiro atoms. The SMILES string of the molecule is CCn1c(SCC(=O)Nc2ccccc2)nnc1[C@H](CO)NC(=O)c1ccc(OC)cc1. The minimum absolute atomic E-state index is 0.148. The van der Waals surface area contributed by atoms with Crippen LogP contribution < -0.4 is 15.4 Å². The van der Waals surface area contributed by atoms with Gasteiger partial charge in [0.25, 0.3) is 5.91 Å². The highest BCUT2D eigenvalue weighted by molar-refractivity contribution is 7.99. The molecular formula is C22H25N5O4S. The molecule has 9 nitrogen and oxygen atoms in total. The highest BCUT2D eigenvalue weighted by atomic mass is 32.2. The molecule has 1 heterocycles. The number of benzene rings is 2. The summed E-state index contributed by atoms with van der Waals surface area (Å²) in [5, 5.41) is 24.3. The van der Waals surface area contributed by atoms with Crippen LogP contribution in [-0.4, -0.2) is 51.2 Å². The second-order valence-corrected chi connectivity index (χ2v) is 7.67. The number of rotatable bonds is 10. The lowest BCUT2D eigenvalue weighted by Gasteiger charge is -2.17. The van der Waals surface area contributed by atoms with Crippen molar-refractivity contribution in [2.24, 2.45) is 0 Å². The fraction of sp³-hybridized carbons (Fsp3) is 0.273. The molecule has 168 valence electrons. The smallest absolute Gasteiger partial charge is 0.251 e. The first-order chi connectivity index (χ1) is 15.5. The summed E-state index contributed by atoms with van der Waals surface area (Å²) in [6.45, 7) is 2.07. The quantitative estimate of drug-likeness (QED) is 0.402. The summed E-state index contributed by atoms with van der Waals surface area (Å²) in [5.74, 6) is 0.690. The van der Waals surface area contributed by atoms with Gasteiger partial charge in [-0.1, -0.05) is 30.0 Å². The van der Waals surface area contributed by atoms with Gasteiger partial charge in [-0.2, -0.15) is 0 Å². The summed E-state index contributed by atoms with van der Waals surface area (Å²) < 4.78 is 6.88. The fourth-order valence-electron chi connectivity index (χ4n) is 2.99. The molecule has 3 rings (SSSR count). The third-order valence-electron chi connectivity index (χ3n) is 4.60. The second-order valence-electron chi connectivity index (χ2n) is 6.73. The summed E-state index contributed by atoms with van der Waals surface area (Å²) in [6.07, 6.45) is 0. The van der Waals surface area contributed by atoms with Gasteiger partial charge in [0.05, 0.1) is 19.5 Å². The normalized spacial score (nSPS) is 11.6. The van der Waals surface area contributed by atoms with Crippen LogP contribution in [0.15, 0.2) is 59.8 Å². The number of carbonyl (C=O) groups excluding carboxylic acids is 2. The number of carbonyl (C=O) groups is 2. The Bertz CT molecular complexity index is 1040. The number of aliphatic hydroxyl groups excluding tert-OH is 1. The molecule has 1 aromatic heterocycles. The highest BCUT2D eigenvalue weighted by Gasteiger charge is 2.23. The number of aromatic nitrogens is 3. The predicted octanol–water partition coefficient (Wildman–Crippen LogP) is 2.50. The molecule has 0 bridgehead atoms. The van der Waals surface area contributed by atoms with Crippen LogP contribution in [0.25, 0.3) is 0 Å². The number of anilines is 1. The van der Waals surface area contributed by atoms with Crippen LogP contribution in [0.3, 0.4) is 0 Å². The molecule has 0 fully saturated rings. The lowest BCUT2D eigenvalue weighted by atomic mass is 10.2. The van der Waals surface area contributed by atoms with Crippen molar-refractivity contribution in [3.05, 3.63) is 66.0 Å². The molecule has 2 amide bonds. The largest absolute Gasteiger partial charge is 0.497 e. The fourth-order valence-corrected chi connectivity index (χ4v) is 3.80. The molecular weight excluding hydrogens is 430 g/mol. The Hall–Kier alpha value is -3.37. The number of thioether (sulfide) groups is 1. The van der Waals surface area contributed by atoms with E-state index in [9.17, 15) is 14.7 Å². The summed E-state index contributed by atoms with van der Waals surface area (Å²) >= 11 is 1.24. The minimum Gasteiger partial charge on any atom is -0.497 e. The van der Waals surface area contributed by atoms with Gasteiger partial charge in [0.15, 0.2) is 11.0 Å². The molecule has 0 saturated carbocycles. The van der Waals surface area contributed by atoms with Crippen molar-refractivity contribution in [2.45, 2.75) is 24.7 Å². The maximum atomic E-state index is 12.6. The van der Waals surface area contributed by atoms with E-state index >= 15 is 0 Å². The molecule has 3 aromatic rings. The van der Waals surface area contributed by atoms with Gasteiger partial charge < -0.3 is 25.0 Å². The van der Waals surface area contributed by atoms with Gasteiger partial charge in [0.1, 0.15) is 11.8 Å². The number of hydrogen-bond acceptors (Lipinski definition) is 7. The third-order valence-corrected chi connectivity index (χ3v) is 5.57. The molecule has 0 unspecified atom stereocenters. The number of amides is 2. The minimum atomic E-state index is -0.746. The summed E-state index contributed by atoms with van der Waals surface area (Å²) in [6, 6.07) is 15.1. The summed E-state index contributed by atoms with van der Waals surface area (Å²) in [7, 11) is 1.55. The van der Waals surface area contributed by atoms with E-state index < -0.39 is 6.04 Å². The van der Waals surface area contributed by atoms with Crippen LogP contribution >= 0.6 is 11.8 Å². The molecule has 0 aliphatic rings. The van der Waals surface area contributed by atoms with Crippen molar-refractivity contribution >= 4 is 29.3 Å². The number of hydrogen-bond donors (Lipinski definition) is 3. The Kier molecular flexibility index (Phi) is 8.23. The number of methoxy groups -OCH3 is 1. The lowest BCUT2D eigenvalue weighted by Crippen LogP contribution is -2.32. The van der Waals surface area contributed by atoms with Crippen LogP contribution in [0.4, 0.5) is 5.69 Å². The van der Waals surface area contributed by atoms with E-state index in [-0.39, 0.29) is 24.2 Å². The molecule has 2 aromatic carbocycles. The van der Waals surface area contributed by atoms with Crippen molar-refractivity contribution in [3.63, 3.8) is 0 Å². The standard InChI is InChI=1S/C22H25N5O4S/c1-3-27-20(18(13-28)24-21(30)15-9-11-17(31-2)12-10-15)25-26-22(27)32-14-19(29)23-16-7-5-4-6-8-16/h4-12,18,28H,3,13-14H2,1-2H3,(H,23,29)(H,24,30)/t18-/m0/s1. The first kappa shape index (κ1) is 23.3. The van der Waals surface area contributed by atoms with E-state index in [4.69, 9.17) is 4.74 Å². The number of para-hydroxylation sites is 1. The van der Waals surface area contributed by atoms with E-state index in [0.717, 1.165) is 5.69 Å². The average molecular weight is 456 g/mol. The zero-order valence-electron chi connectivity index (χ0n) is 17.8. The maximum absolute atomic E-state index is 12.6. The predicted molar refractivity (Wildman–Crippen MR) is 122 cm³/mol. The topological polar surface area (TPSA) is 118 Å². The molecule has 0 aliphatic heterocycles. The van der Waals surface area contributed by atoms with Gasteiger partial charge in [-0.05, 0) is 43.3 Å². The maximum Gasteiger partial charge on any atom is 0.251 e. The summed E-state index contributed by atoms with van der Waals surface area (Å²) in [4.78, 5) is 24.8. The van der Waals surface area contributed by atoms with E-state index in [1.807, 2.05) is 37.3 Å². The highest BCUT2D eigenvalue weighted by Crippen LogP contribution is 2.21. The Morgan fingerprint density at radius 3 is 2.47 bits per heavy atom. The van der Waals surface area contributed by atoms with Crippen LogP contribution in [0.5, 0.6) is 5.75 Å². The lowest BCUT2D eigenvalue weighted by molar-refractivity contribution is -0.113. The molecule has 10 heteroatoms. The van der Waals surface area contributed by atoms with E-state index in [2.05, 4.69) is 20.8 Å². The number of aliphatic hydroxyl groups is 1. The van der Waals surface area contributed by atoms with Gasteiger partial charge in [0.2, 0.25) is 5.91 Å². The van der Waals surface area contributed by atoms with Crippen LogP contribution in [0.1, 0.15) is 29.1 Å².